The molecule has 2 N–H and O–H groups in total. The summed E-state index contributed by atoms with van der Waals surface area (Å²) in [5.41, 5.74) is 3.63. The van der Waals surface area contributed by atoms with E-state index in [1.54, 1.807) is 18.4 Å². The standard InChI is InChI=1S/C15H24N6S.HI/c1-10-8-18-14(22-10)9-19-15(16-4)17-7-6-13-11(2)20-21(5)12(13)3;/h8H,6-7,9H2,1-5H3,(H2,16,17,19);1H. The fourth-order valence-electron chi connectivity index (χ4n) is 2.35. The van der Waals surface area contributed by atoms with Crippen LogP contribution in [0.25, 0.3) is 0 Å². The maximum atomic E-state index is 4.44. The highest BCUT2D eigenvalue weighted by Gasteiger charge is 2.09. The summed E-state index contributed by atoms with van der Waals surface area (Å²) >= 11 is 1.70. The van der Waals surface area contributed by atoms with Gasteiger partial charge in [-0.1, -0.05) is 0 Å². The SMILES string of the molecule is CN=C(NCCc1c(C)nn(C)c1C)NCc1ncc(C)s1.I. The van der Waals surface area contributed by atoms with Gasteiger partial charge in [-0.3, -0.25) is 9.67 Å². The third kappa shape index (κ3) is 5.45. The molecule has 0 atom stereocenters. The molecule has 128 valence electrons. The summed E-state index contributed by atoms with van der Waals surface area (Å²) < 4.78 is 1.93. The van der Waals surface area contributed by atoms with Crippen molar-refractivity contribution in [2.75, 3.05) is 13.6 Å². The molecule has 23 heavy (non-hydrogen) atoms. The summed E-state index contributed by atoms with van der Waals surface area (Å²) in [6.45, 7) is 7.74. The van der Waals surface area contributed by atoms with E-state index >= 15 is 0 Å². The molecule has 0 spiro atoms. The Morgan fingerprint density at radius 1 is 1.30 bits per heavy atom. The van der Waals surface area contributed by atoms with Gasteiger partial charge in [-0.15, -0.1) is 35.3 Å². The number of guanidine groups is 1. The molecule has 0 aliphatic carbocycles. The summed E-state index contributed by atoms with van der Waals surface area (Å²) in [4.78, 5) is 9.80. The van der Waals surface area contributed by atoms with E-state index in [2.05, 4.69) is 46.5 Å². The number of rotatable bonds is 5. The van der Waals surface area contributed by atoms with Gasteiger partial charge in [-0.25, -0.2) is 4.98 Å². The molecule has 0 radical (unpaired) electrons. The first-order chi connectivity index (χ1) is 10.5. The molecule has 0 bridgehead atoms. The maximum Gasteiger partial charge on any atom is 0.191 e. The van der Waals surface area contributed by atoms with Crippen molar-refractivity contribution in [1.82, 2.24) is 25.4 Å². The van der Waals surface area contributed by atoms with Crippen molar-refractivity contribution in [3.63, 3.8) is 0 Å². The zero-order valence-corrected chi connectivity index (χ0v) is 17.5. The van der Waals surface area contributed by atoms with Crippen LogP contribution in [0.5, 0.6) is 0 Å². The van der Waals surface area contributed by atoms with E-state index < -0.39 is 0 Å². The zero-order chi connectivity index (χ0) is 16.1. The molecule has 0 aromatic carbocycles. The fraction of sp³-hybridized carbons (Fsp3) is 0.533. The largest absolute Gasteiger partial charge is 0.356 e. The van der Waals surface area contributed by atoms with Gasteiger partial charge in [0.15, 0.2) is 5.96 Å². The molecule has 0 aliphatic heterocycles. The van der Waals surface area contributed by atoms with Crippen molar-refractivity contribution in [2.45, 2.75) is 33.7 Å². The average molecular weight is 448 g/mol. The molecule has 0 saturated carbocycles. The van der Waals surface area contributed by atoms with Crippen molar-refractivity contribution in [2.24, 2.45) is 12.0 Å². The van der Waals surface area contributed by atoms with Crippen molar-refractivity contribution in [1.29, 1.82) is 0 Å². The molecule has 2 heterocycles. The van der Waals surface area contributed by atoms with Crippen LogP contribution < -0.4 is 10.6 Å². The predicted octanol–water partition coefficient (Wildman–Crippen LogP) is 2.33. The molecule has 0 saturated heterocycles. The summed E-state index contributed by atoms with van der Waals surface area (Å²) in [6, 6.07) is 0. The predicted molar refractivity (Wildman–Crippen MR) is 107 cm³/mol. The minimum atomic E-state index is 0. The van der Waals surface area contributed by atoms with Crippen LogP contribution >= 0.6 is 35.3 Å². The highest BCUT2D eigenvalue weighted by molar-refractivity contribution is 14.0. The lowest BCUT2D eigenvalue weighted by Crippen LogP contribution is -2.37. The third-order valence-electron chi connectivity index (χ3n) is 3.63. The first-order valence-electron chi connectivity index (χ1n) is 7.36. The highest BCUT2D eigenvalue weighted by Crippen LogP contribution is 2.12. The third-order valence-corrected chi connectivity index (χ3v) is 4.54. The lowest BCUT2D eigenvalue weighted by atomic mass is 10.1. The summed E-state index contributed by atoms with van der Waals surface area (Å²) in [5.74, 6) is 0.798. The summed E-state index contributed by atoms with van der Waals surface area (Å²) in [6.07, 6.45) is 2.83. The molecule has 0 fully saturated rings. The number of thiazole rings is 1. The number of hydrogen-bond acceptors (Lipinski definition) is 4. The van der Waals surface area contributed by atoms with Crippen molar-refractivity contribution >= 4 is 41.3 Å². The molecule has 8 heteroatoms. The number of aryl methyl sites for hydroxylation is 3. The molecule has 2 aromatic rings. The Balaban J connectivity index is 0.00000264. The van der Waals surface area contributed by atoms with Crippen LogP contribution in [0.2, 0.25) is 0 Å². The van der Waals surface area contributed by atoms with Gasteiger partial charge in [0.2, 0.25) is 0 Å². The fourth-order valence-corrected chi connectivity index (χ4v) is 3.08. The van der Waals surface area contributed by atoms with E-state index in [9.17, 15) is 0 Å². The van der Waals surface area contributed by atoms with Gasteiger partial charge in [-0.05, 0) is 32.8 Å². The molecule has 2 aromatic heterocycles. The normalized spacial score (nSPS) is 11.3. The van der Waals surface area contributed by atoms with Gasteiger partial charge in [-0.2, -0.15) is 5.10 Å². The first kappa shape index (κ1) is 19.9. The van der Waals surface area contributed by atoms with Gasteiger partial charge in [0.1, 0.15) is 5.01 Å². The minimum Gasteiger partial charge on any atom is -0.356 e. The molecule has 0 amide bonds. The topological polar surface area (TPSA) is 67.1 Å². The van der Waals surface area contributed by atoms with E-state index in [1.807, 2.05) is 17.9 Å². The van der Waals surface area contributed by atoms with Crippen molar-refractivity contribution in [3.05, 3.63) is 33.0 Å². The van der Waals surface area contributed by atoms with Gasteiger partial charge in [0, 0.05) is 37.4 Å². The number of nitrogens with zero attached hydrogens (tertiary/aromatic N) is 4. The van der Waals surface area contributed by atoms with E-state index in [1.165, 1.54) is 16.1 Å². The monoisotopic (exact) mass is 448 g/mol. The van der Waals surface area contributed by atoms with Gasteiger partial charge >= 0.3 is 0 Å². The van der Waals surface area contributed by atoms with Crippen LogP contribution in [0, 0.1) is 20.8 Å². The van der Waals surface area contributed by atoms with Crippen LogP contribution in [0.1, 0.15) is 26.8 Å². The molecule has 0 aliphatic rings. The second-order valence-electron chi connectivity index (χ2n) is 5.24. The van der Waals surface area contributed by atoms with Crippen molar-refractivity contribution < 1.29 is 0 Å². The first-order valence-corrected chi connectivity index (χ1v) is 8.17. The van der Waals surface area contributed by atoms with Crippen LogP contribution in [0.15, 0.2) is 11.2 Å². The lowest BCUT2D eigenvalue weighted by Gasteiger charge is -2.11. The number of nitrogens with one attached hydrogen (secondary N) is 2. The van der Waals surface area contributed by atoms with Crippen LogP contribution in [0.3, 0.4) is 0 Å². The molecular formula is C15H25IN6S. The van der Waals surface area contributed by atoms with E-state index in [0.717, 1.165) is 29.6 Å². The van der Waals surface area contributed by atoms with Crippen LogP contribution in [0.4, 0.5) is 0 Å². The maximum absolute atomic E-state index is 4.44. The Labute approximate surface area is 158 Å². The molecule has 0 unspecified atom stereocenters. The highest BCUT2D eigenvalue weighted by atomic mass is 127. The van der Waals surface area contributed by atoms with Gasteiger partial charge < -0.3 is 10.6 Å². The Hall–Kier alpha value is -1.16. The van der Waals surface area contributed by atoms with Crippen molar-refractivity contribution in [3.8, 4) is 0 Å². The second kappa shape index (κ2) is 9.21. The van der Waals surface area contributed by atoms with E-state index in [-0.39, 0.29) is 24.0 Å². The Morgan fingerprint density at radius 3 is 2.57 bits per heavy atom. The number of hydrogen-bond donors (Lipinski definition) is 2. The Morgan fingerprint density at radius 2 is 2.04 bits per heavy atom. The van der Waals surface area contributed by atoms with Gasteiger partial charge in [0.05, 0.1) is 12.2 Å². The van der Waals surface area contributed by atoms with E-state index in [0.29, 0.717) is 6.54 Å². The minimum absolute atomic E-state index is 0. The van der Waals surface area contributed by atoms with Crippen LogP contribution in [-0.2, 0) is 20.0 Å². The van der Waals surface area contributed by atoms with Gasteiger partial charge in [0.25, 0.3) is 0 Å². The average Bonchev–Trinajstić information content (AvgIpc) is 3.00. The number of aromatic nitrogens is 3. The lowest BCUT2D eigenvalue weighted by molar-refractivity contribution is 0.728. The van der Waals surface area contributed by atoms with Crippen LogP contribution in [-0.4, -0.2) is 34.3 Å². The van der Waals surface area contributed by atoms with E-state index in [4.69, 9.17) is 0 Å². The quantitative estimate of drug-likeness (QED) is 0.419. The Kier molecular flexibility index (Phi) is 7.97. The smallest absolute Gasteiger partial charge is 0.191 e. The molecular weight excluding hydrogens is 423 g/mol. The number of aliphatic imine (C=N–C) groups is 1. The zero-order valence-electron chi connectivity index (χ0n) is 14.3. The second-order valence-corrected chi connectivity index (χ2v) is 6.56. The molecule has 2 rings (SSSR count). The number of halogens is 1. The summed E-state index contributed by atoms with van der Waals surface area (Å²) in [7, 11) is 3.76. The summed E-state index contributed by atoms with van der Waals surface area (Å²) in [5, 5.41) is 12.1. The Bertz CT molecular complexity index is 661. The molecule has 6 nitrogen and oxygen atoms in total.